The molecule has 0 fully saturated rings. The molecule has 1 unspecified atom stereocenters. The van der Waals surface area contributed by atoms with E-state index in [2.05, 4.69) is 25.6 Å². The van der Waals surface area contributed by atoms with Gasteiger partial charge in [0.15, 0.2) is 0 Å². The van der Waals surface area contributed by atoms with Crippen LogP contribution >= 0.6 is 0 Å². The van der Waals surface area contributed by atoms with E-state index in [9.17, 15) is 30.3 Å². The van der Waals surface area contributed by atoms with Crippen LogP contribution in [0, 0.1) is 6.08 Å². The molecule has 1 aromatic carbocycles. The van der Waals surface area contributed by atoms with Crippen molar-refractivity contribution in [3.63, 3.8) is 0 Å². The molecule has 15 heteroatoms. The molecule has 27 heavy (non-hydrogen) atoms. The number of hydrogen-bond acceptors (Lipinski definition) is 12. The molecule has 1 heterocycles. The summed E-state index contributed by atoms with van der Waals surface area (Å²) >= 11 is 0. The van der Waals surface area contributed by atoms with Crippen LogP contribution in [-0.4, -0.2) is 53.5 Å². The van der Waals surface area contributed by atoms with E-state index in [1.165, 1.54) is 0 Å². The zero-order valence-corrected chi connectivity index (χ0v) is 15.2. The summed E-state index contributed by atoms with van der Waals surface area (Å²) in [7, 11) is -10.0. The predicted molar refractivity (Wildman–Crippen MR) is 87.6 cm³/mol. The Kier molecular flexibility index (Phi) is 5.91. The minimum absolute atomic E-state index is 0.174. The van der Waals surface area contributed by atoms with Crippen molar-refractivity contribution in [1.29, 1.82) is 0 Å². The number of hydrogen-bond donors (Lipinski definition) is 3. The maximum absolute atomic E-state index is 13.6. The van der Waals surface area contributed by atoms with Gasteiger partial charge in [-0.3, -0.25) is 0 Å². The number of nitrogens with zero attached hydrogens (tertiary/aromatic N) is 3. The van der Waals surface area contributed by atoms with Gasteiger partial charge in [0.05, 0.1) is 15.5 Å². The van der Waals surface area contributed by atoms with Gasteiger partial charge >= 0.3 is 6.08 Å². The van der Waals surface area contributed by atoms with Gasteiger partial charge < -0.3 is 25.5 Å². The molecule has 2 aromatic rings. The van der Waals surface area contributed by atoms with Gasteiger partial charge in [0, 0.05) is 12.6 Å². The second-order valence-electron chi connectivity index (χ2n) is 5.30. The van der Waals surface area contributed by atoms with Crippen LogP contribution in [-0.2, 0) is 20.2 Å². The van der Waals surface area contributed by atoms with Crippen molar-refractivity contribution in [2.45, 2.75) is 22.8 Å². The second kappa shape index (κ2) is 7.65. The smallest absolute Gasteiger partial charge is 0.315 e. The molecule has 4 N–H and O–H groups in total. The Labute approximate surface area is 153 Å². The van der Waals surface area contributed by atoms with E-state index in [0.717, 1.165) is 0 Å². The Bertz CT molecular complexity index is 1060. The highest BCUT2D eigenvalue weighted by Crippen LogP contribution is 2.27. The van der Waals surface area contributed by atoms with Crippen LogP contribution in [0.3, 0.4) is 0 Å². The van der Waals surface area contributed by atoms with E-state index >= 15 is 0 Å². The highest BCUT2D eigenvalue weighted by atomic mass is 32.2. The number of nitrogens with one attached hydrogen (secondary N) is 2. The summed E-state index contributed by atoms with van der Waals surface area (Å²) in [5, 5.41) is 4.80. The van der Waals surface area contributed by atoms with Crippen molar-refractivity contribution in [2.75, 3.05) is 17.2 Å². The summed E-state index contributed by atoms with van der Waals surface area (Å²) < 4.78 is 80.9. The van der Waals surface area contributed by atoms with E-state index in [1.54, 1.807) is 6.92 Å². The van der Waals surface area contributed by atoms with Crippen molar-refractivity contribution in [3.05, 3.63) is 24.3 Å². The molecule has 0 radical (unpaired) electrons. The van der Waals surface area contributed by atoms with Gasteiger partial charge in [-0.1, -0.05) is 0 Å². The van der Waals surface area contributed by atoms with Crippen molar-refractivity contribution < 1.29 is 30.3 Å². The van der Waals surface area contributed by atoms with Crippen LogP contribution in [0.25, 0.3) is 0 Å². The van der Waals surface area contributed by atoms with Crippen molar-refractivity contribution >= 4 is 37.8 Å². The molecular weight excluding hydrogens is 407 g/mol. The Balaban J connectivity index is 2.49. The molecular formula is C12H13FN6O6S2-2. The maximum Gasteiger partial charge on any atom is 0.315 e. The number of aromatic nitrogens is 3. The molecule has 12 nitrogen and oxygen atoms in total. The van der Waals surface area contributed by atoms with Crippen LogP contribution in [0.5, 0.6) is 0 Å². The van der Waals surface area contributed by atoms with Gasteiger partial charge in [-0.2, -0.15) is 19.3 Å². The van der Waals surface area contributed by atoms with Crippen molar-refractivity contribution in [3.8, 4) is 0 Å². The first-order chi connectivity index (χ1) is 12.4. The first kappa shape index (κ1) is 20.8. The third-order valence-electron chi connectivity index (χ3n) is 2.95. The molecule has 0 amide bonds. The predicted octanol–water partition coefficient (Wildman–Crippen LogP) is -0.678. The lowest BCUT2D eigenvalue weighted by molar-refractivity contribution is 0.459. The number of anilines is 3. The van der Waals surface area contributed by atoms with E-state index < -0.39 is 47.7 Å². The Morgan fingerprint density at radius 3 is 2.30 bits per heavy atom. The molecule has 0 spiro atoms. The van der Waals surface area contributed by atoms with E-state index in [-0.39, 0.29) is 18.5 Å². The molecule has 0 aliphatic rings. The minimum Gasteiger partial charge on any atom is -0.744 e. The van der Waals surface area contributed by atoms with Gasteiger partial charge in [0.2, 0.25) is 11.9 Å². The highest BCUT2D eigenvalue weighted by molar-refractivity contribution is 7.86. The molecule has 0 aliphatic heterocycles. The van der Waals surface area contributed by atoms with Gasteiger partial charge in [0.25, 0.3) is 0 Å². The third-order valence-corrected chi connectivity index (χ3v) is 4.67. The van der Waals surface area contributed by atoms with Crippen molar-refractivity contribution in [1.82, 2.24) is 15.0 Å². The minimum atomic E-state index is -5.06. The number of rotatable bonds is 7. The summed E-state index contributed by atoms with van der Waals surface area (Å²) in [6, 6.07) is 1.56. The average Bonchev–Trinajstić information content (AvgIpc) is 2.50. The number of nitrogens with two attached hydrogens (primary N) is 1. The molecule has 1 aromatic heterocycles. The first-order valence-corrected chi connectivity index (χ1v) is 9.92. The van der Waals surface area contributed by atoms with Crippen molar-refractivity contribution in [2.24, 2.45) is 5.73 Å². The summed E-state index contributed by atoms with van der Waals surface area (Å²) in [4.78, 5) is 8.68. The SMILES string of the molecule is CC(N)CNc1nc(F)nc(Nc2cc(S(=O)(=O)[O-])ccc2S(=O)(=O)[O-])n1. The lowest BCUT2D eigenvalue weighted by Gasteiger charge is -2.16. The zero-order valence-electron chi connectivity index (χ0n) is 13.6. The normalized spacial score (nSPS) is 13.2. The quantitative estimate of drug-likeness (QED) is 0.477. The topological polar surface area (TPSA) is 203 Å². The monoisotopic (exact) mass is 420 g/mol. The standard InChI is InChI=1S/C12H15FN6O6S2/c1-6(14)5-15-11-17-10(13)18-12(19-11)16-8-4-7(26(20,21)22)2-3-9(8)27(23,24)25/h2-4,6H,5,14H2,1H3,(H,20,21,22)(H,23,24,25)(H2,15,16,17,18,19)/p-2. The number of halogens is 1. The van der Waals surface area contributed by atoms with Crippen LogP contribution in [0.2, 0.25) is 0 Å². The average molecular weight is 420 g/mol. The van der Waals surface area contributed by atoms with Gasteiger partial charge in [-0.15, -0.1) is 0 Å². The lowest BCUT2D eigenvalue weighted by atomic mass is 10.3. The molecule has 148 valence electrons. The molecule has 1 atom stereocenters. The van der Waals surface area contributed by atoms with Crippen LogP contribution < -0.4 is 16.4 Å². The van der Waals surface area contributed by atoms with Crippen LogP contribution in [0.15, 0.2) is 28.0 Å². The Hall–Kier alpha value is -2.46. The Morgan fingerprint density at radius 1 is 1.11 bits per heavy atom. The van der Waals surface area contributed by atoms with Gasteiger partial charge in [0.1, 0.15) is 20.2 Å². The van der Waals surface area contributed by atoms with Crippen LogP contribution in [0.1, 0.15) is 6.92 Å². The van der Waals surface area contributed by atoms with Crippen LogP contribution in [0.4, 0.5) is 22.0 Å². The lowest BCUT2D eigenvalue weighted by Crippen LogP contribution is -2.26. The molecule has 0 aliphatic carbocycles. The molecule has 0 saturated heterocycles. The molecule has 0 bridgehead atoms. The Morgan fingerprint density at radius 2 is 1.74 bits per heavy atom. The highest BCUT2D eigenvalue weighted by Gasteiger charge is 2.15. The summed E-state index contributed by atoms with van der Waals surface area (Å²) in [5.74, 6) is -0.790. The maximum atomic E-state index is 13.6. The molecule has 2 rings (SSSR count). The fraction of sp³-hybridized carbons (Fsp3) is 0.250. The fourth-order valence-corrected chi connectivity index (χ4v) is 2.95. The summed E-state index contributed by atoms with van der Waals surface area (Å²) in [5.41, 5.74) is 4.91. The van der Waals surface area contributed by atoms with E-state index in [4.69, 9.17) is 5.73 Å². The zero-order chi connectivity index (χ0) is 20.4. The van der Waals surface area contributed by atoms with Gasteiger partial charge in [-0.05, 0) is 25.1 Å². The fourth-order valence-electron chi connectivity index (χ4n) is 1.84. The second-order valence-corrected chi connectivity index (χ2v) is 8.03. The summed E-state index contributed by atoms with van der Waals surface area (Å²) in [6.07, 6.45) is -1.25. The largest absolute Gasteiger partial charge is 0.744 e. The van der Waals surface area contributed by atoms with E-state index in [0.29, 0.717) is 18.2 Å². The summed E-state index contributed by atoms with van der Waals surface area (Å²) in [6.45, 7) is 1.83. The first-order valence-electron chi connectivity index (χ1n) is 7.10. The number of benzene rings is 1. The van der Waals surface area contributed by atoms with Gasteiger partial charge in [-0.25, -0.2) is 16.8 Å². The third kappa shape index (κ3) is 5.76. The van der Waals surface area contributed by atoms with E-state index in [1.807, 2.05) is 0 Å². The molecule has 0 saturated carbocycles.